The number of nitrogens with zero attached hydrogens (tertiary/aromatic N) is 3. The Bertz CT molecular complexity index is 1580. The summed E-state index contributed by atoms with van der Waals surface area (Å²) < 4.78 is 39.2. The van der Waals surface area contributed by atoms with Crippen molar-refractivity contribution < 1.29 is 27.5 Å². The molecule has 0 spiro atoms. The van der Waals surface area contributed by atoms with Gasteiger partial charge in [-0.05, 0) is 42.5 Å². The minimum absolute atomic E-state index is 0.0922. The van der Waals surface area contributed by atoms with E-state index in [-0.39, 0.29) is 21.3 Å². The molecule has 2 aromatic carbocycles. The van der Waals surface area contributed by atoms with Crippen molar-refractivity contribution in [2.24, 2.45) is 14.1 Å². The second-order valence-electron chi connectivity index (χ2n) is 7.70. The van der Waals surface area contributed by atoms with Crippen LogP contribution in [-0.4, -0.2) is 50.2 Å². The number of aromatic nitrogens is 2. The van der Waals surface area contributed by atoms with Gasteiger partial charge in [-0.1, -0.05) is 11.6 Å². The minimum atomic E-state index is -4.09. The van der Waals surface area contributed by atoms with Crippen LogP contribution in [0.15, 0.2) is 63.0 Å². The van der Waals surface area contributed by atoms with Gasteiger partial charge in [0.05, 0.1) is 28.3 Å². The van der Waals surface area contributed by atoms with Crippen LogP contribution in [0.3, 0.4) is 0 Å². The fourth-order valence-corrected chi connectivity index (χ4v) is 4.57. The molecular weight excluding hydrogens is 528 g/mol. The number of benzene rings is 2. The molecule has 0 fully saturated rings. The monoisotopic (exact) mass is 550 g/mol. The van der Waals surface area contributed by atoms with E-state index in [1.807, 2.05) is 0 Å². The summed E-state index contributed by atoms with van der Waals surface area (Å²) in [6.45, 7) is -0.790. The maximum Gasteiger partial charge on any atom is 0.340 e. The number of carbonyl (C=O) groups excluding carboxylic acids is 2. The van der Waals surface area contributed by atoms with E-state index in [0.717, 1.165) is 25.6 Å². The summed E-state index contributed by atoms with van der Waals surface area (Å²) in [6.07, 6.45) is 0. The van der Waals surface area contributed by atoms with Crippen LogP contribution in [0, 0.1) is 0 Å². The first-order valence-electron chi connectivity index (χ1n) is 10.5. The van der Waals surface area contributed by atoms with Crippen LogP contribution in [0.4, 0.5) is 11.5 Å². The van der Waals surface area contributed by atoms with Gasteiger partial charge in [-0.15, -0.1) is 0 Å². The number of amides is 1. The average molecular weight is 551 g/mol. The molecule has 0 saturated heterocycles. The van der Waals surface area contributed by atoms with Gasteiger partial charge >= 0.3 is 11.7 Å². The Morgan fingerprint density at radius 1 is 1.03 bits per heavy atom. The van der Waals surface area contributed by atoms with Crippen LogP contribution in [0.5, 0.6) is 5.75 Å². The molecule has 12 nitrogen and oxygen atoms in total. The number of halogens is 1. The van der Waals surface area contributed by atoms with Crippen LogP contribution >= 0.6 is 11.6 Å². The lowest BCUT2D eigenvalue weighted by atomic mass is 10.2. The van der Waals surface area contributed by atoms with E-state index >= 15 is 0 Å². The number of rotatable bonds is 8. The van der Waals surface area contributed by atoms with Gasteiger partial charge in [-0.2, -0.15) is 0 Å². The van der Waals surface area contributed by atoms with E-state index in [9.17, 15) is 27.6 Å². The van der Waals surface area contributed by atoms with Crippen molar-refractivity contribution in [3.63, 3.8) is 0 Å². The zero-order valence-electron chi connectivity index (χ0n) is 20.2. The first kappa shape index (κ1) is 27.5. The van der Waals surface area contributed by atoms with Crippen LogP contribution in [0.1, 0.15) is 10.4 Å². The third-order valence-electron chi connectivity index (χ3n) is 5.38. The lowest BCUT2D eigenvalue weighted by Gasteiger charge is -2.20. The molecule has 1 N–H and O–H groups in total. The molecule has 37 heavy (non-hydrogen) atoms. The summed E-state index contributed by atoms with van der Waals surface area (Å²) >= 11 is 6.09. The predicted octanol–water partition coefficient (Wildman–Crippen LogP) is 1.37. The Balaban J connectivity index is 1.76. The molecule has 3 rings (SSSR count). The maximum absolute atomic E-state index is 13.1. The maximum atomic E-state index is 13.1. The zero-order chi connectivity index (χ0) is 27.5. The summed E-state index contributed by atoms with van der Waals surface area (Å²) in [7, 11) is 1.37. The number of nitrogens with one attached hydrogen (secondary N) is 1. The third kappa shape index (κ3) is 5.84. The fraction of sp³-hybridized carbons (Fsp3) is 0.217. The zero-order valence-corrected chi connectivity index (χ0v) is 21.8. The highest BCUT2D eigenvalue weighted by atomic mass is 35.5. The molecule has 1 amide bonds. The quantitative estimate of drug-likeness (QED) is 0.414. The first-order valence-corrected chi connectivity index (χ1v) is 12.3. The SMILES string of the molecule is COc1ccc(N(C)S(=O)(=O)c2ccc(Cl)c(C(=O)OCC(=O)Nc3cc(=O)n(C)c(=O)n3C)c2)cc1. The Hall–Kier alpha value is -4.10. The molecule has 1 heterocycles. The van der Waals surface area contributed by atoms with E-state index < -0.39 is 39.8 Å². The molecule has 0 radical (unpaired) electrons. The molecule has 0 aliphatic rings. The van der Waals surface area contributed by atoms with Crippen LogP contribution in [0.25, 0.3) is 0 Å². The number of methoxy groups -OCH3 is 1. The second kappa shape index (κ2) is 10.9. The first-order chi connectivity index (χ1) is 17.4. The van der Waals surface area contributed by atoms with Gasteiger partial charge < -0.3 is 14.8 Å². The van der Waals surface area contributed by atoms with E-state index in [1.165, 1.54) is 40.4 Å². The number of hydrogen-bond donors (Lipinski definition) is 1. The number of esters is 1. The third-order valence-corrected chi connectivity index (χ3v) is 7.49. The number of ether oxygens (including phenoxy) is 2. The van der Waals surface area contributed by atoms with E-state index in [2.05, 4.69) is 5.32 Å². The van der Waals surface area contributed by atoms with Crippen molar-refractivity contribution in [1.82, 2.24) is 9.13 Å². The molecular formula is C23H23ClN4O8S. The number of anilines is 2. The Labute approximate surface area is 216 Å². The van der Waals surface area contributed by atoms with Gasteiger partial charge in [0, 0.05) is 27.2 Å². The van der Waals surface area contributed by atoms with Crippen molar-refractivity contribution in [1.29, 1.82) is 0 Å². The summed E-state index contributed by atoms with van der Waals surface area (Å²) in [5.74, 6) is -1.44. The highest BCUT2D eigenvalue weighted by molar-refractivity contribution is 7.92. The van der Waals surface area contributed by atoms with Crippen LogP contribution in [0.2, 0.25) is 5.02 Å². The highest BCUT2D eigenvalue weighted by Crippen LogP contribution is 2.27. The molecule has 196 valence electrons. The smallest absolute Gasteiger partial charge is 0.340 e. The summed E-state index contributed by atoms with van der Waals surface area (Å²) in [5.41, 5.74) is -1.23. The van der Waals surface area contributed by atoms with Gasteiger partial charge in [-0.25, -0.2) is 18.0 Å². The van der Waals surface area contributed by atoms with E-state index in [4.69, 9.17) is 21.1 Å². The van der Waals surface area contributed by atoms with E-state index in [1.54, 1.807) is 24.3 Å². The largest absolute Gasteiger partial charge is 0.497 e. The van der Waals surface area contributed by atoms with Crippen LogP contribution < -0.4 is 25.6 Å². The lowest BCUT2D eigenvalue weighted by molar-refractivity contribution is -0.119. The number of hydrogen-bond acceptors (Lipinski definition) is 8. The number of carbonyl (C=O) groups is 2. The molecule has 0 bridgehead atoms. The molecule has 0 aliphatic heterocycles. The van der Waals surface area contributed by atoms with Gasteiger partial charge in [-0.3, -0.25) is 23.0 Å². The Morgan fingerprint density at radius 3 is 2.30 bits per heavy atom. The van der Waals surface area contributed by atoms with Gasteiger partial charge in [0.2, 0.25) is 0 Å². The highest BCUT2D eigenvalue weighted by Gasteiger charge is 2.25. The minimum Gasteiger partial charge on any atom is -0.497 e. The molecule has 1 aromatic heterocycles. The van der Waals surface area contributed by atoms with Crippen molar-refractivity contribution in [2.45, 2.75) is 4.90 Å². The lowest BCUT2D eigenvalue weighted by Crippen LogP contribution is -2.38. The van der Waals surface area contributed by atoms with Crippen LogP contribution in [-0.2, 0) is 33.7 Å². The predicted molar refractivity (Wildman–Crippen MR) is 136 cm³/mol. The van der Waals surface area contributed by atoms with Crippen molar-refractivity contribution in [3.8, 4) is 5.75 Å². The molecule has 0 atom stereocenters. The van der Waals surface area contributed by atoms with Crippen molar-refractivity contribution in [2.75, 3.05) is 30.4 Å². The average Bonchev–Trinajstić information content (AvgIpc) is 2.88. The molecule has 3 aromatic rings. The van der Waals surface area contributed by atoms with Crippen molar-refractivity contribution >= 4 is 45.0 Å². The molecule has 14 heteroatoms. The van der Waals surface area contributed by atoms with Crippen molar-refractivity contribution in [3.05, 3.63) is 80.0 Å². The van der Waals surface area contributed by atoms with Gasteiger partial charge in [0.1, 0.15) is 11.6 Å². The number of sulfonamides is 1. The summed E-state index contributed by atoms with van der Waals surface area (Å²) in [5, 5.41) is 2.21. The summed E-state index contributed by atoms with van der Waals surface area (Å²) in [6, 6.07) is 10.8. The van der Waals surface area contributed by atoms with Gasteiger partial charge in [0.25, 0.3) is 21.5 Å². The Morgan fingerprint density at radius 2 is 1.68 bits per heavy atom. The standard InChI is InChI=1S/C23H23ClN4O8S/c1-26-19(12-21(30)27(2)23(26)32)25-20(29)13-36-22(31)17-11-16(9-10-18(17)24)37(33,34)28(3)14-5-7-15(35-4)8-6-14/h5-12H,13H2,1-4H3,(H,25,29). The molecule has 0 aliphatic carbocycles. The topological polar surface area (TPSA) is 146 Å². The van der Waals surface area contributed by atoms with E-state index in [0.29, 0.717) is 11.4 Å². The fourth-order valence-electron chi connectivity index (χ4n) is 3.15. The molecule has 0 saturated carbocycles. The second-order valence-corrected chi connectivity index (χ2v) is 10.1. The molecule has 0 unspecified atom stereocenters. The Kier molecular flexibility index (Phi) is 8.09. The normalized spacial score (nSPS) is 11.1. The summed E-state index contributed by atoms with van der Waals surface area (Å²) in [4.78, 5) is 48.4. The van der Waals surface area contributed by atoms with Gasteiger partial charge in [0.15, 0.2) is 6.61 Å².